The summed E-state index contributed by atoms with van der Waals surface area (Å²) in [7, 11) is 0. The van der Waals surface area contributed by atoms with Gasteiger partial charge in [-0.3, -0.25) is 4.79 Å². The van der Waals surface area contributed by atoms with E-state index >= 15 is 0 Å². The SMILES string of the molecule is O=C(NCCC(F)(F)F)c1nc(Cl)ccc1Cl. The first-order valence-corrected chi connectivity index (χ1v) is 5.22. The number of carbonyl (C=O) groups is 1. The molecule has 17 heavy (non-hydrogen) atoms. The molecule has 0 saturated heterocycles. The zero-order valence-corrected chi connectivity index (χ0v) is 9.83. The highest BCUT2D eigenvalue weighted by atomic mass is 35.5. The van der Waals surface area contributed by atoms with E-state index in [1.165, 1.54) is 12.1 Å². The molecule has 0 bridgehead atoms. The van der Waals surface area contributed by atoms with Crippen molar-refractivity contribution < 1.29 is 18.0 Å². The van der Waals surface area contributed by atoms with Crippen LogP contribution in [-0.4, -0.2) is 23.6 Å². The molecule has 94 valence electrons. The molecule has 0 fully saturated rings. The second kappa shape index (κ2) is 5.55. The molecule has 1 aromatic rings. The Balaban J connectivity index is 2.61. The van der Waals surface area contributed by atoms with E-state index in [1.807, 2.05) is 0 Å². The Kier molecular flexibility index (Phi) is 4.59. The van der Waals surface area contributed by atoms with Gasteiger partial charge >= 0.3 is 6.18 Å². The fourth-order valence-electron chi connectivity index (χ4n) is 0.979. The Hall–Kier alpha value is -1.01. The zero-order valence-electron chi connectivity index (χ0n) is 8.31. The van der Waals surface area contributed by atoms with Crippen LogP contribution in [0.2, 0.25) is 10.2 Å². The van der Waals surface area contributed by atoms with E-state index in [4.69, 9.17) is 23.2 Å². The van der Waals surface area contributed by atoms with Crippen LogP contribution < -0.4 is 5.32 Å². The molecule has 3 nitrogen and oxygen atoms in total. The third kappa shape index (κ3) is 4.79. The first-order chi connectivity index (χ1) is 7.79. The van der Waals surface area contributed by atoms with Crippen molar-refractivity contribution in [1.82, 2.24) is 10.3 Å². The number of carbonyl (C=O) groups excluding carboxylic acids is 1. The second-order valence-corrected chi connectivity index (χ2v) is 3.88. The number of halogens is 5. The number of nitrogens with one attached hydrogen (secondary N) is 1. The van der Waals surface area contributed by atoms with Crippen LogP contribution in [0.4, 0.5) is 13.2 Å². The number of aromatic nitrogens is 1. The molecule has 0 aliphatic heterocycles. The van der Waals surface area contributed by atoms with Gasteiger partial charge in [0.2, 0.25) is 0 Å². The van der Waals surface area contributed by atoms with Gasteiger partial charge in [-0.2, -0.15) is 13.2 Å². The van der Waals surface area contributed by atoms with Crippen molar-refractivity contribution in [3.8, 4) is 0 Å². The van der Waals surface area contributed by atoms with Crippen LogP contribution >= 0.6 is 23.2 Å². The Labute approximate surface area is 105 Å². The van der Waals surface area contributed by atoms with Gasteiger partial charge in [-0.25, -0.2) is 4.98 Å². The van der Waals surface area contributed by atoms with Gasteiger partial charge in [0.15, 0.2) is 0 Å². The van der Waals surface area contributed by atoms with Crippen molar-refractivity contribution in [3.63, 3.8) is 0 Å². The molecule has 0 atom stereocenters. The van der Waals surface area contributed by atoms with Crippen LogP contribution in [0.1, 0.15) is 16.9 Å². The van der Waals surface area contributed by atoms with Gasteiger partial charge in [-0.1, -0.05) is 23.2 Å². The highest BCUT2D eigenvalue weighted by molar-refractivity contribution is 6.34. The van der Waals surface area contributed by atoms with Crippen molar-refractivity contribution in [2.45, 2.75) is 12.6 Å². The van der Waals surface area contributed by atoms with Gasteiger partial charge in [-0.05, 0) is 12.1 Å². The normalized spacial score (nSPS) is 11.4. The van der Waals surface area contributed by atoms with Gasteiger partial charge in [0, 0.05) is 6.54 Å². The van der Waals surface area contributed by atoms with Gasteiger partial charge in [-0.15, -0.1) is 0 Å². The summed E-state index contributed by atoms with van der Waals surface area (Å²) < 4.78 is 35.5. The van der Waals surface area contributed by atoms with Crippen molar-refractivity contribution in [2.75, 3.05) is 6.54 Å². The molecule has 0 aromatic carbocycles. The van der Waals surface area contributed by atoms with E-state index in [0.717, 1.165) is 0 Å². The third-order valence-electron chi connectivity index (χ3n) is 1.72. The smallest absolute Gasteiger partial charge is 0.350 e. The molecule has 0 saturated carbocycles. The zero-order chi connectivity index (χ0) is 13.1. The summed E-state index contributed by atoms with van der Waals surface area (Å²) in [4.78, 5) is 15.0. The lowest BCUT2D eigenvalue weighted by Gasteiger charge is -2.08. The number of nitrogens with zero attached hydrogens (tertiary/aromatic N) is 1. The van der Waals surface area contributed by atoms with Crippen LogP contribution in [0.3, 0.4) is 0 Å². The fraction of sp³-hybridized carbons (Fsp3) is 0.333. The van der Waals surface area contributed by atoms with E-state index in [1.54, 1.807) is 0 Å². The summed E-state index contributed by atoms with van der Waals surface area (Å²) in [5, 5.41) is 2.12. The van der Waals surface area contributed by atoms with E-state index in [9.17, 15) is 18.0 Å². The molecule has 1 amide bonds. The number of alkyl halides is 3. The first kappa shape index (κ1) is 14.1. The minimum atomic E-state index is -4.32. The van der Waals surface area contributed by atoms with Crippen LogP contribution in [0.15, 0.2) is 12.1 Å². The first-order valence-electron chi connectivity index (χ1n) is 4.46. The highest BCUT2D eigenvalue weighted by Crippen LogP contribution is 2.19. The van der Waals surface area contributed by atoms with Gasteiger partial charge in [0.25, 0.3) is 5.91 Å². The Morgan fingerprint density at radius 2 is 2.00 bits per heavy atom. The van der Waals surface area contributed by atoms with Crippen LogP contribution in [0.5, 0.6) is 0 Å². The monoisotopic (exact) mass is 286 g/mol. The number of rotatable bonds is 3. The van der Waals surface area contributed by atoms with Crippen molar-refractivity contribution in [2.24, 2.45) is 0 Å². The molecule has 0 unspecified atom stereocenters. The van der Waals surface area contributed by atoms with Gasteiger partial charge in [0.1, 0.15) is 10.8 Å². The molecular formula is C9H7Cl2F3N2O. The Bertz CT molecular complexity index is 423. The third-order valence-corrected chi connectivity index (χ3v) is 2.24. The maximum Gasteiger partial charge on any atom is 0.390 e. The summed E-state index contributed by atoms with van der Waals surface area (Å²) in [6.45, 7) is -0.535. The van der Waals surface area contributed by atoms with Crippen LogP contribution in [-0.2, 0) is 0 Å². The van der Waals surface area contributed by atoms with Crippen molar-refractivity contribution in [1.29, 1.82) is 0 Å². The molecule has 1 rings (SSSR count). The second-order valence-electron chi connectivity index (χ2n) is 3.09. The van der Waals surface area contributed by atoms with E-state index in [2.05, 4.69) is 10.3 Å². The molecule has 0 aliphatic rings. The number of hydrogen-bond donors (Lipinski definition) is 1. The maximum atomic E-state index is 11.8. The molecule has 0 radical (unpaired) electrons. The molecule has 8 heteroatoms. The number of hydrogen-bond acceptors (Lipinski definition) is 2. The van der Waals surface area contributed by atoms with E-state index < -0.39 is 25.0 Å². The maximum absolute atomic E-state index is 11.8. The molecule has 0 aliphatic carbocycles. The van der Waals surface area contributed by atoms with E-state index in [-0.39, 0.29) is 15.9 Å². The minimum absolute atomic E-state index is 0.0268. The van der Waals surface area contributed by atoms with Crippen molar-refractivity contribution >= 4 is 29.1 Å². The van der Waals surface area contributed by atoms with Crippen LogP contribution in [0, 0.1) is 0 Å². The fourth-order valence-corrected chi connectivity index (χ4v) is 1.32. The average molecular weight is 287 g/mol. The number of pyridine rings is 1. The summed E-state index contributed by atoms with van der Waals surface area (Å²) in [5.74, 6) is -0.790. The standard InChI is InChI=1S/C9H7Cl2F3N2O/c10-5-1-2-6(11)16-7(5)8(17)15-4-3-9(12,13)14/h1-2H,3-4H2,(H,15,17). The number of amides is 1. The van der Waals surface area contributed by atoms with Gasteiger partial charge < -0.3 is 5.32 Å². The summed E-state index contributed by atoms with van der Waals surface area (Å²) in [6, 6.07) is 2.71. The average Bonchev–Trinajstić information content (AvgIpc) is 2.19. The Morgan fingerprint density at radius 1 is 1.35 bits per heavy atom. The Morgan fingerprint density at radius 3 is 2.59 bits per heavy atom. The lowest BCUT2D eigenvalue weighted by Crippen LogP contribution is -2.28. The quantitative estimate of drug-likeness (QED) is 0.868. The lowest BCUT2D eigenvalue weighted by molar-refractivity contribution is -0.132. The largest absolute Gasteiger partial charge is 0.390 e. The summed E-state index contributed by atoms with van der Waals surface area (Å²) in [5.41, 5.74) is -0.193. The molecular weight excluding hydrogens is 280 g/mol. The predicted octanol–water partition coefficient (Wildman–Crippen LogP) is 3.07. The lowest BCUT2D eigenvalue weighted by atomic mass is 10.3. The molecule has 1 heterocycles. The van der Waals surface area contributed by atoms with Crippen LogP contribution in [0.25, 0.3) is 0 Å². The van der Waals surface area contributed by atoms with Crippen molar-refractivity contribution in [3.05, 3.63) is 28.0 Å². The van der Waals surface area contributed by atoms with Gasteiger partial charge in [0.05, 0.1) is 11.4 Å². The topological polar surface area (TPSA) is 42.0 Å². The molecule has 1 N–H and O–H groups in total. The summed E-state index contributed by atoms with van der Waals surface area (Å²) >= 11 is 11.2. The highest BCUT2D eigenvalue weighted by Gasteiger charge is 2.26. The molecule has 1 aromatic heterocycles. The van der Waals surface area contributed by atoms with E-state index in [0.29, 0.717) is 0 Å². The predicted molar refractivity (Wildman–Crippen MR) is 57.3 cm³/mol. The summed E-state index contributed by atoms with van der Waals surface area (Å²) in [6.07, 6.45) is -5.43. The molecule has 0 spiro atoms. The minimum Gasteiger partial charge on any atom is -0.350 e.